The Kier molecular flexibility index (Phi) is 4.70. The number of rotatable bonds is 4. The zero-order valence-corrected chi connectivity index (χ0v) is 13.6. The van der Waals surface area contributed by atoms with Crippen molar-refractivity contribution < 1.29 is 24.0 Å². The summed E-state index contributed by atoms with van der Waals surface area (Å²) in [5.74, 6) is -1.01. The minimum Gasteiger partial charge on any atom is -0.444 e. The van der Waals surface area contributed by atoms with Crippen LogP contribution >= 0.6 is 0 Å². The molecule has 124 valence electrons. The molecule has 0 unspecified atom stereocenters. The summed E-state index contributed by atoms with van der Waals surface area (Å²) in [6, 6.07) is 6.07. The number of nitrogens with one attached hydrogen (secondary N) is 1. The molecule has 1 aromatic rings. The molecule has 1 aromatic carbocycles. The molecule has 7 heteroatoms. The molecule has 1 heterocycles. The third-order valence-electron chi connectivity index (χ3n) is 2.97. The van der Waals surface area contributed by atoms with Gasteiger partial charge in [-0.1, -0.05) is 12.1 Å². The van der Waals surface area contributed by atoms with Gasteiger partial charge >= 0.3 is 6.09 Å². The second kappa shape index (κ2) is 6.37. The van der Waals surface area contributed by atoms with E-state index in [0.717, 1.165) is 5.06 Å². The predicted octanol–water partition coefficient (Wildman–Crippen LogP) is 2.13. The average Bonchev–Trinajstić information content (AvgIpc) is 2.67. The zero-order valence-electron chi connectivity index (χ0n) is 13.6. The van der Waals surface area contributed by atoms with Crippen LogP contribution in [-0.4, -0.2) is 41.2 Å². The highest BCUT2D eigenvalue weighted by Gasteiger charge is 2.36. The van der Waals surface area contributed by atoms with E-state index < -0.39 is 29.6 Å². The molecule has 0 aliphatic carbocycles. The number of carbonyl (C=O) groups is 3. The van der Waals surface area contributed by atoms with Crippen molar-refractivity contribution >= 4 is 17.9 Å². The van der Waals surface area contributed by atoms with Crippen LogP contribution in [-0.2, 0) is 9.57 Å². The van der Waals surface area contributed by atoms with Crippen LogP contribution in [0, 0.1) is 0 Å². The SMILES string of the molecule is C[C@@H](CON1C(=O)c2ccccc2C1=O)NC(=O)OC(C)(C)C. The molecule has 1 atom stereocenters. The van der Waals surface area contributed by atoms with Crippen LogP contribution < -0.4 is 5.32 Å². The number of nitrogens with zero attached hydrogens (tertiary/aromatic N) is 1. The van der Waals surface area contributed by atoms with Gasteiger partial charge in [-0.05, 0) is 39.8 Å². The van der Waals surface area contributed by atoms with Crippen molar-refractivity contribution in [1.82, 2.24) is 10.4 Å². The van der Waals surface area contributed by atoms with E-state index in [9.17, 15) is 14.4 Å². The second-order valence-corrected chi connectivity index (χ2v) is 6.29. The first-order chi connectivity index (χ1) is 10.7. The minimum atomic E-state index is -0.604. The molecule has 1 N–H and O–H groups in total. The topological polar surface area (TPSA) is 84.9 Å². The van der Waals surface area contributed by atoms with Gasteiger partial charge in [0.05, 0.1) is 23.8 Å². The average molecular weight is 320 g/mol. The number of benzene rings is 1. The molecule has 1 aliphatic heterocycles. The highest BCUT2D eigenvalue weighted by atomic mass is 16.7. The van der Waals surface area contributed by atoms with Crippen molar-refractivity contribution in [3.63, 3.8) is 0 Å². The van der Waals surface area contributed by atoms with Gasteiger partial charge in [0.1, 0.15) is 5.60 Å². The fourth-order valence-corrected chi connectivity index (χ4v) is 2.02. The number of carbonyl (C=O) groups excluding carboxylic acids is 3. The summed E-state index contributed by atoms with van der Waals surface area (Å²) in [5.41, 5.74) is 0.0169. The van der Waals surface area contributed by atoms with Crippen molar-refractivity contribution in [3.8, 4) is 0 Å². The van der Waals surface area contributed by atoms with E-state index in [1.807, 2.05) is 0 Å². The molecule has 3 amide bonds. The third-order valence-corrected chi connectivity index (χ3v) is 2.97. The number of imide groups is 1. The van der Waals surface area contributed by atoms with E-state index >= 15 is 0 Å². The summed E-state index contributed by atoms with van der Waals surface area (Å²) < 4.78 is 5.12. The molecule has 0 saturated heterocycles. The fourth-order valence-electron chi connectivity index (χ4n) is 2.02. The number of amides is 3. The summed E-state index contributed by atoms with van der Waals surface area (Å²) in [6.07, 6.45) is -0.587. The third kappa shape index (κ3) is 4.07. The highest BCUT2D eigenvalue weighted by molar-refractivity contribution is 6.20. The predicted molar refractivity (Wildman–Crippen MR) is 81.7 cm³/mol. The Morgan fingerprint density at radius 2 is 1.70 bits per heavy atom. The Hall–Kier alpha value is -2.41. The molecule has 0 radical (unpaired) electrons. The Morgan fingerprint density at radius 1 is 1.17 bits per heavy atom. The van der Waals surface area contributed by atoms with Crippen molar-refractivity contribution in [2.24, 2.45) is 0 Å². The number of ether oxygens (including phenoxy) is 1. The van der Waals surface area contributed by atoms with E-state index in [1.54, 1.807) is 52.0 Å². The standard InChI is InChI=1S/C16H20N2O5/c1-10(17-15(21)23-16(2,3)4)9-22-18-13(19)11-7-5-6-8-12(11)14(18)20/h5-8,10H,9H2,1-4H3,(H,17,21)/t10-/m0/s1. The van der Waals surface area contributed by atoms with Crippen molar-refractivity contribution in [3.05, 3.63) is 35.4 Å². The monoisotopic (exact) mass is 320 g/mol. The van der Waals surface area contributed by atoms with Gasteiger partial charge < -0.3 is 10.1 Å². The van der Waals surface area contributed by atoms with E-state index in [4.69, 9.17) is 9.57 Å². The quantitative estimate of drug-likeness (QED) is 0.859. The van der Waals surface area contributed by atoms with Gasteiger partial charge in [-0.25, -0.2) is 4.79 Å². The lowest BCUT2D eigenvalue weighted by molar-refractivity contribution is -0.0963. The lowest BCUT2D eigenvalue weighted by Gasteiger charge is -2.22. The van der Waals surface area contributed by atoms with Gasteiger partial charge in [0.2, 0.25) is 0 Å². The lowest BCUT2D eigenvalue weighted by Crippen LogP contribution is -2.42. The van der Waals surface area contributed by atoms with Gasteiger partial charge in [0.25, 0.3) is 11.8 Å². The maximum atomic E-state index is 12.1. The van der Waals surface area contributed by atoms with Gasteiger partial charge in [0.15, 0.2) is 0 Å². The molecule has 0 saturated carbocycles. The highest BCUT2D eigenvalue weighted by Crippen LogP contribution is 2.22. The van der Waals surface area contributed by atoms with Gasteiger partial charge in [-0.2, -0.15) is 0 Å². The Labute approximate surface area is 134 Å². The summed E-state index contributed by atoms with van der Waals surface area (Å²) >= 11 is 0. The molecule has 0 aromatic heterocycles. The molecular weight excluding hydrogens is 300 g/mol. The molecular formula is C16H20N2O5. The number of hydroxylamine groups is 2. The Bertz CT molecular complexity index is 601. The van der Waals surface area contributed by atoms with Crippen molar-refractivity contribution in [1.29, 1.82) is 0 Å². The number of alkyl carbamates (subject to hydrolysis) is 1. The molecule has 0 spiro atoms. The molecule has 1 aliphatic rings. The number of hydrogen-bond acceptors (Lipinski definition) is 5. The molecule has 0 fully saturated rings. The van der Waals surface area contributed by atoms with Crippen molar-refractivity contribution in [2.75, 3.05) is 6.61 Å². The minimum absolute atomic E-state index is 0.0370. The van der Waals surface area contributed by atoms with Crippen LogP contribution in [0.2, 0.25) is 0 Å². The molecule has 2 rings (SSSR count). The smallest absolute Gasteiger partial charge is 0.407 e. The number of fused-ring (bicyclic) bond motifs is 1. The first kappa shape index (κ1) is 17.0. The fraction of sp³-hybridized carbons (Fsp3) is 0.438. The summed E-state index contributed by atoms with van der Waals surface area (Å²) in [5, 5.41) is 3.30. The lowest BCUT2D eigenvalue weighted by atomic mass is 10.1. The Balaban J connectivity index is 1.89. The number of hydrogen-bond donors (Lipinski definition) is 1. The first-order valence-electron chi connectivity index (χ1n) is 7.29. The van der Waals surface area contributed by atoms with E-state index in [1.165, 1.54) is 0 Å². The molecule has 7 nitrogen and oxygen atoms in total. The van der Waals surface area contributed by atoms with Crippen LogP contribution in [0.3, 0.4) is 0 Å². The summed E-state index contributed by atoms with van der Waals surface area (Å²) in [7, 11) is 0. The van der Waals surface area contributed by atoms with Crippen LogP contribution in [0.5, 0.6) is 0 Å². The maximum absolute atomic E-state index is 12.1. The maximum Gasteiger partial charge on any atom is 0.407 e. The van der Waals surface area contributed by atoms with Crippen LogP contribution in [0.25, 0.3) is 0 Å². The van der Waals surface area contributed by atoms with E-state index in [0.29, 0.717) is 11.1 Å². The second-order valence-electron chi connectivity index (χ2n) is 6.29. The van der Waals surface area contributed by atoms with Gasteiger partial charge in [-0.3, -0.25) is 14.4 Å². The van der Waals surface area contributed by atoms with E-state index in [-0.39, 0.29) is 6.61 Å². The Morgan fingerprint density at radius 3 is 2.17 bits per heavy atom. The summed E-state index contributed by atoms with van der Waals surface area (Å²) in [4.78, 5) is 41.1. The molecule has 0 bridgehead atoms. The van der Waals surface area contributed by atoms with Crippen LogP contribution in [0.4, 0.5) is 4.79 Å². The molecule has 23 heavy (non-hydrogen) atoms. The summed E-state index contributed by atoms with van der Waals surface area (Å²) in [6.45, 7) is 6.92. The van der Waals surface area contributed by atoms with Gasteiger partial charge in [-0.15, -0.1) is 5.06 Å². The normalized spacial score (nSPS) is 15.4. The van der Waals surface area contributed by atoms with Crippen molar-refractivity contribution in [2.45, 2.75) is 39.3 Å². The largest absolute Gasteiger partial charge is 0.444 e. The van der Waals surface area contributed by atoms with Crippen LogP contribution in [0.1, 0.15) is 48.4 Å². The van der Waals surface area contributed by atoms with Gasteiger partial charge in [0, 0.05) is 0 Å². The van der Waals surface area contributed by atoms with E-state index in [2.05, 4.69) is 5.32 Å². The zero-order chi connectivity index (χ0) is 17.2. The van der Waals surface area contributed by atoms with Crippen LogP contribution in [0.15, 0.2) is 24.3 Å². The first-order valence-corrected chi connectivity index (χ1v) is 7.29.